The van der Waals surface area contributed by atoms with E-state index in [1.807, 2.05) is 57.3 Å². The van der Waals surface area contributed by atoms with Crippen LogP contribution in [0.3, 0.4) is 0 Å². The van der Waals surface area contributed by atoms with Crippen molar-refractivity contribution in [2.45, 2.75) is 61.0 Å². The fourth-order valence-electron chi connectivity index (χ4n) is 2.91. The maximum atomic E-state index is 13.4. The van der Waals surface area contributed by atoms with Gasteiger partial charge < -0.3 is 9.51 Å². The molecule has 0 aliphatic rings. The molecule has 2 aromatic rings. The quantitative estimate of drug-likeness (QED) is 0.0675. The molecule has 1 unspecified atom stereocenters. The lowest BCUT2D eigenvalue weighted by molar-refractivity contribution is -0.424. The Morgan fingerprint density at radius 1 is 1.19 bits per heavy atom. The number of H-pyrrole nitrogens is 1. The smallest absolute Gasteiger partial charge is 0.418 e. The van der Waals surface area contributed by atoms with Crippen LogP contribution >= 0.6 is 7.75 Å². The lowest BCUT2D eigenvalue weighted by Crippen LogP contribution is -2.17. The van der Waals surface area contributed by atoms with Gasteiger partial charge in [0, 0.05) is 31.4 Å². The lowest BCUT2D eigenvalue weighted by atomic mass is 10.1. The predicted octanol–water partition coefficient (Wildman–Crippen LogP) is 8.13. The summed E-state index contributed by atoms with van der Waals surface area (Å²) in [6.07, 6.45) is 10.4. The Labute approximate surface area is 221 Å². The molecule has 2 rings (SSSR count). The second-order valence-corrected chi connectivity index (χ2v) is 9.26. The maximum absolute atomic E-state index is 13.4. The molecule has 37 heavy (non-hydrogen) atoms. The van der Waals surface area contributed by atoms with Gasteiger partial charge >= 0.3 is 7.75 Å². The minimum absolute atomic E-state index is 0.0539. The van der Waals surface area contributed by atoms with E-state index in [0.717, 1.165) is 28.8 Å². The van der Waals surface area contributed by atoms with Crippen LogP contribution in [0.2, 0.25) is 0 Å². The minimum Gasteiger partial charge on any atom is -0.418 e. The van der Waals surface area contributed by atoms with E-state index in [2.05, 4.69) is 42.3 Å². The van der Waals surface area contributed by atoms with Gasteiger partial charge in [0.25, 0.3) is 0 Å². The topological polar surface area (TPSA) is 106 Å². The Bertz CT molecular complexity index is 1070. The monoisotopic (exact) mass is 531 g/mol. The highest BCUT2D eigenvalue weighted by atomic mass is 31.2. The highest BCUT2D eigenvalue weighted by molar-refractivity contribution is 7.51. The first kappa shape index (κ1) is 33.8. The third kappa shape index (κ3) is 13.1. The van der Waals surface area contributed by atoms with Crippen molar-refractivity contribution in [3.63, 3.8) is 0 Å². The predicted molar refractivity (Wildman–Crippen MR) is 154 cm³/mol. The molecule has 0 spiro atoms. The van der Waals surface area contributed by atoms with Gasteiger partial charge in [0.05, 0.1) is 11.5 Å². The zero-order valence-corrected chi connectivity index (χ0v) is 23.8. The lowest BCUT2D eigenvalue weighted by Gasteiger charge is -2.20. The van der Waals surface area contributed by atoms with Gasteiger partial charge in [0.15, 0.2) is 0 Å². The number of allylic oxidation sites excluding steroid dienone is 5. The Kier molecular flexibility index (Phi) is 17.4. The number of nitrogens with one attached hydrogen (secondary N) is 2. The summed E-state index contributed by atoms with van der Waals surface area (Å²) in [5, 5.41) is 13.7. The molecule has 0 bridgehead atoms. The van der Waals surface area contributed by atoms with E-state index in [1.54, 1.807) is 6.92 Å². The maximum Gasteiger partial charge on any atom is 0.458 e. The van der Waals surface area contributed by atoms with Gasteiger partial charge in [-0.3, -0.25) is 14.6 Å². The molecule has 1 atom stereocenters. The summed E-state index contributed by atoms with van der Waals surface area (Å²) < 4.78 is 24.7. The number of hydrogen-bond acceptors (Lipinski definition) is 5. The number of nitro groups is 1. The van der Waals surface area contributed by atoms with Crippen LogP contribution in [-0.2, 0) is 26.6 Å². The summed E-state index contributed by atoms with van der Waals surface area (Å²) >= 11 is 0. The molecule has 2 N–H and O–H groups in total. The molecule has 0 saturated heterocycles. The van der Waals surface area contributed by atoms with E-state index >= 15 is 0 Å². The van der Waals surface area contributed by atoms with E-state index in [0.29, 0.717) is 13.0 Å². The van der Waals surface area contributed by atoms with Crippen LogP contribution in [0.4, 0.5) is 0 Å². The van der Waals surface area contributed by atoms with Gasteiger partial charge in [0.2, 0.25) is 5.70 Å². The third-order valence-corrected chi connectivity index (χ3v) is 6.47. The first-order valence-electron chi connectivity index (χ1n) is 12.3. The summed E-state index contributed by atoms with van der Waals surface area (Å²) in [6.45, 7) is 17.5. The van der Waals surface area contributed by atoms with Crippen LogP contribution in [0.5, 0.6) is 0 Å². The van der Waals surface area contributed by atoms with E-state index < -0.39 is 12.7 Å². The summed E-state index contributed by atoms with van der Waals surface area (Å²) in [4.78, 5) is 13.5. The van der Waals surface area contributed by atoms with Gasteiger partial charge in [-0.15, -0.1) is 13.2 Å². The van der Waals surface area contributed by atoms with E-state index in [9.17, 15) is 14.7 Å². The van der Waals surface area contributed by atoms with Gasteiger partial charge in [-0.05, 0) is 55.5 Å². The van der Waals surface area contributed by atoms with Crippen molar-refractivity contribution >= 4 is 13.8 Å². The van der Waals surface area contributed by atoms with Crippen molar-refractivity contribution in [2.24, 2.45) is 0 Å². The SMILES string of the molecule is C=C.CC.CC/C=C\c1[nH]cc(CCNP(=O)(OCc2ccccc2)O/C(C)=C/C=C(\C)[N+](=O)[O-])c1C. The summed E-state index contributed by atoms with van der Waals surface area (Å²) in [5.41, 5.74) is 4.09. The van der Waals surface area contributed by atoms with Crippen LogP contribution in [0.15, 0.2) is 79.4 Å². The highest BCUT2D eigenvalue weighted by Crippen LogP contribution is 2.46. The van der Waals surface area contributed by atoms with E-state index in [-0.39, 0.29) is 18.1 Å². The highest BCUT2D eigenvalue weighted by Gasteiger charge is 2.26. The molecule has 0 aliphatic heterocycles. The summed E-state index contributed by atoms with van der Waals surface area (Å²) in [6, 6.07) is 9.36. The van der Waals surface area contributed by atoms with E-state index in [4.69, 9.17) is 9.05 Å². The van der Waals surface area contributed by atoms with Crippen LogP contribution in [-0.4, -0.2) is 16.5 Å². The van der Waals surface area contributed by atoms with Crippen molar-refractivity contribution in [2.75, 3.05) is 6.54 Å². The van der Waals surface area contributed by atoms with Crippen LogP contribution in [0, 0.1) is 17.0 Å². The molecule has 1 aromatic heterocycles. The molecule has 9 heteroatoms. The molecular formula is C28H42N3O5P. The number of aromatic amines is 1. The first-order chi connectivity index (χ1) is 17.7. The number of benzene rings is 1. The molecule has 0 amide bonds. The van der Waals surface area contributed by atoms with Crippen molar-refractivity contribution in [3.05, 3.63) is 112 Å². The number of nitrogens with zero attached hydrogens (tertiary/aromatic N) is 1. The average molecular weight is 532 g/mol. The normalized spacial score (nSPS) is 13.1. The van der Waals surface area contributed by atoms with Gasteiger partial charge in [-0.25, -0.2) is 9.65 Å². The Balaban J connectivity index is 0.00000308. The van der Waals surface area contributed by atoms with Crippen molar-refractivity contribution in [1.29, 1.82) is 0 Å². The molecule has 0 aliphatic carbocycles. The summed E-state index contributed by atoms with van der Waals surface area (Å²) in [7, 11) is -3.73. The van der Waals surface area contributed by atoms with Crippen molar-refractivity contribution in [3.8, 4) is 0 Å². The molecule has 8 nitrogen and oxygen atoms in total. The summed E-state index contributed by atoms with van der Waals surface area (Å²) in [5.74, 6) is 0.241. The molecule has 0 radical (unpaired) electrons. The molecule has 0 fully saturated rings. The zero-order chi connectivity index (χ0) is 28.3. The fraction of sp³-hybridized carbons (Fsp3) is 0.357. The number of rotatable bonds is 13. The largest absolute Gasteiger partial charge is 0.458 e. The van der Waals surface area contributed by atoms with Gasteiger partial charge in [-0.2, -0.15) is 0 Å². The zero-order valence-electron chi connectivity index (χ0n) is 23.0. The van der Waals surface area contributed by atoms with E-state index in [1.165, 1.54) is 19.1 Å². The standard InChI is InChI=1S/C24H32N3O5P.C2H6.C2H4/c1-5-6-12-24-21(4)23(17-25-24)15-16-26-33(30,31-18-22-10-8-7-9-11-22)32-20(3)14-13-19(2)27(28)29;2*1-2/h6-14,17,25H,5,15-16,18H2,1-4H3,(H,26,30);1-2H3;1-2H2/b12-6-,19-13+,20-14+;;. The van der Waals surface area contributed by atoms with Crippen LogP contribution in [0.25, 0.3) is 6.08 Å². The average Bonchev–Trinajstić information content (AvgIpc) is 3.26. The Hall–Kier alpha value is -3.19. The van der Waals surface area contributed by atoms with Gasteiger partial charge in [-0.1, -0.05) is 57.2 Å². The van der Waals surface area contributed by atoms with Crippen LogP contribution in [0.1, 0.15) is 63.4 Å². The second-order valence-electron chi connectivity index (χ2n) is 7.51. The van der Waals surface area contributed by atoms with Gasteiger partial charge in [0.1, 0.15) is 5.76 Å². The fourth-order valence-corrected chi connectivity index (χ4v) is 4.26. The van der Waals surface area contributed by atoms with Crippen LogP contribution < -0.4 is 5.09 Å². The number of hydrogen-bond donors (Lipinski definition) is 2. The molecule has 1 aromatic carbocycles. The first-order valence-corrected chi connectivity index (χ1v) is 13.8. The van der Waals surface area contributed by atoms with Crippen molar-refractivity contribution < 1.29 is 18.5 Å². The minimum atomic E-state index is -3.73. The Morgan fingerprint density at radius 2 is 1.84 bits per heavy atom. The molecular weight excluding hydrogens is 489 g/mol. The third-order valence-electron chi connectivity index (χ3n) is 4.86. The molecule has 1 heterocycles. The molecule has 204 valence electrons. The van der Waals surface area contributed by atoms with Crippen molar-refractivity contribution in [1.82, 2.24) is 10.1 Å². The number of aromatic nitrogens is 1. The Morgan fingerprint density at radius 3 is 2.43 bits per heavy atom. The second kappa shape index (κ2) is 19.0. The molecule has 0 saturated carbocycles.